The van der Waals surface area contributed by atoms with E-state index in [0.29, 0.717) is 17.3 Å². The molecule has 0 aliphatic heterocycles. The topological polar surface area (TPSA) is 21.7 Å². The third-order valence-electron chi connectivity index (χ3n) is 3.11. The van der Waals surface area contributed by atoms with Crippen LogP contribution in [0.4, 0.5) is 4.39 Å². The van der Waals surface area contributed by atoms with Gasteiger partial charge in [0.05, 0.1) is 7.11 Å². The fourth-order valence-corrected chi connectivity index (χ4v) is 2.06. The maximum absolute atomic E-state index is 13.6. The molecule has 0 bridgehead atoms. The number of nitrogens with zero attached hydrogens (tertiary/aromatic N) is 1. The summed E-state index contributed by atoms with van der Waals surface area (Å²) < 4.78 is 24.4. The molecule has 0 radical (unpaired) electrons. The van der Waals surface area contributed by atoms with Gasteiger partial charge in [0.15, 0.2) is 0 Å². The molecule has 0 fully saturated rings. The van der Waals surface area contributed by atoms with Gasteiger partial charge >= 0.3 is 0 Å². The SMILES string of the molecule is COc1cccc(Cc2cc(F)ccc2OC(=S)N(C)C)c1. The number of hydrogen-bond acceptors (Lipinski definition) is 3. The van der Waals surface area contributed by atoms with Crippen LogP contribution in [0.5, 0.6) is 11.5 Å². The lowest BCUT2D eigenvalue weighted by molar-refractivity contribution is 0.414. The van der Waals surface area contributed by atoms with Gasteiger partial charge in [-0.25, -0.2) is 4.39 Å². The fourth-order valence-electron chi connectivity index (χ4n) is 1.97. The van der Waals surface area contributed by atoms with Gasteiger partial charge in [0, 0.05) is 26.1 Å². The molecule has 0 saturated heterocycles. The van der Waals surface area contributed by atoms with Crippen molar-refractivity contribution in [3.05, 3.63) is 59.4 Å². The van der Waals surface area contributed by atoms with E-state index >= 15 is 0 Å². The summed E-state index contributed by atoms with van der Waals surface area (Å²) >= 11 is 5.15. The second-order valence-corrected chi connectivity index (χ2v) is 5.39. The van der Waals surface area contributed by atoms with Crippen molar-refractivity contribution in [2.24, 2.45) is 0 Å². The van der Waals surface area contributed by atoms with Gasteiger partial charge in [-0.3, -0.25) is 0 Å². The van der Waals surface area contributed by atoms with E-state index in [1.54, 1.807) is 32.2 Å². The average Bonchev–Trinajstić information content (AvgIpc) is 2.50. The number of rotatable bonds is 4. The molecule has 116 valence electrons. The van der Waals surface area contributed by atoms with Crippen molar-refractivity contribution in [2.75, 3.05) is 21.2 Å². The van der Waals surface area contributed by atoms with E-state index in [-0.39, 0.29) is 5.82 Å². The third kappa shape index (κ3) is 4.18. The van der Waals surface area contributed by atoms with E-state index in [1.165, 1.54) is 12.1 Å². The van der Waals surface area contributed by atoms with E-state index in [0.717, 1.165) is 16.9 Å². The molecule has 0 aliphatic carbocycles. The van der Waals surface area contributed by atoms with Gasteiger partial charge in [0.1, 0.15) is 17.3 Å². The lowest BCUT2D eigenvalue weighted by Crippen LogP contribution is -2.25. The van der Waals surface area contributed by atoms with Crippen molar-refractivity contribution in [1.29, 1.82) is 0 Å². The lowest BCUT2D eigenvalue weighted by Gasteiger charge is -2.16. The van der Waals surface area contributed by atoms with E-state index in [1.807, 2.05) is 24.3 Å². The molecule has 3 nitrogen and oxygen atoms in total. The van der Waals surface area contributed by atoms with E-state index in [4.69, 9.17) is 21.7 Å². The summed E-state index contributed by atoms with van der Waals surface area (Å²) in [4.78, 5) is 1.69. The van der Waals surface area contributed by atoms with Gasteiger partial charge in [-0.15, -0.1) is 0 Å². The first kappa shape index (κ1) is 16.2. The summed E-state index contributed by atoms with van der Waals surface area (Å²) in [5.41, 5.74) is 1.74. The number of ether oxygens (including phenoxy) is 2. The van der Waals surface area contributed by atoms with Crippen LogP contribution in [0.2, 0.25) is 0 Å². The molecule has 2 aromatic rings. The van der Waals surface area contributed by atoms with Crippen LogP contribution in [-0.4, -0.2) is 31.3 Å². The number of hydrogen-bond donors (Lipinski definition) is 0. The van der Waals surface area contributed by atoms with Crippen LogP contribution in [0.1, 0.15) is 11.1 Å². The Hall–Kier alpha value is -2.14. The molecule has 0 N–H and O–H groups in total. The van der Waals surface area contributed by atoms with Gasteiger partial charge < -0.3 is 14.4 Å². The van der Waals surface area contributed by atoms with Crippen LogP contribution in [0.3, 0.4) is 0 Å². The van der Waals surface area contributed by atoms with E-state index in [9.17, 15) is 4.39 Å². The van der Waals surface area contributed by atoms with Crippen molar-refractivity contribution >= 4 is 17.4 Å². The van der Waals surface area contributed by atoms with E-state index in [2.05, 4.69) is 0 Å². The predicted octanol–water partition coefficient (Wildman–Crippen LogP) is 3.65. The van der Waals surface area contributed by atoms with Crippen LogP contribution < -0.4 is 9.47 Å². The molecule has 5 heteroatoms. The average molecular weight is 319 g/mol. The molecule has 0 heterocycles. The first-order valence-electron chi connectivity index (χ1n) is 6.80. The Morgan fingerprint density at radius 1 is 1.18 bits per heavy atom. The van der Waals surface area contributed by atoms with Crippen LogP contribution in [-0.2, 0) is 6.42 Å². The Kier molecular flexibility index (Phi) is 5.33. The van der Waals surface area contributed by atoms with Crippen LogP contribution in [0.25, 0.3) is 0 Å². The quantitative estimate of drug-likeness (QED) is 0.802. The maximum Gasteiger partial charge on any atom is 0.264 e. The molecule has 0 saturated carbocycles. The van der Waals surface area contributed by atoms with Gasteiger partial charge in [0.25, 0.3) is 5.17 Å². The minimum Gasteiger partial charge on any atom is -0.497 e. The number of benzene rings is 2. The molecule has 22 heavy (non-hydrogen) atoms. The molecule has 0 spiro atoms. The molecule has 0 atom stereocenters. The van der Waals surface area contributed by atoms with Crippen molar-refractivity contribution in [2.45, 2.75) is 6.42 Å². The second kappa shape index (κ2) is 7.22. The summed E-state index contributed by atoms with van der Waals surface area (Å²) in [5.74, 6) is 1.02. The number of halogens is 1. The van der Waals surface area contributed by atoms with Crippen molar-refractivity contribution in [3.8, 4) is 11.5 Å². The normalized spacial score (nSPS) is 10.2. The van der Waals surface area contributed by atoms with E-state index < -0.39 is 0 Å². The molecule has 2 aromatic carbocycles. The Bertz CT molecular complexity index is 673. The second-order valence-electron chi connectivity index (χ2n) is 5.04. The monoisotopic (exact) mass is 319 g/mol. The highest BCUT2D eigenvalue weighted by Gasteiger charge is 2.10. The fraction of sp³-hybridized carbons (Fsp3) is 0.235. The van der Waals surface area contributed by atoms with Gasteiger partial charge in [-0.2, -0.15) is 0 Å². The van der Waals surface area contributed by atoms with Crippen LogP contribution in [0, 0.1) is 5.82 Å². The summed E-state index contributed by atoms with van der Waals surface area (Å²) in [5, 5.41) is 0.332. The summed E-state index contributed by atoms with van der Waals surface area (Å²) in [6, 6.07) is 12.1. The van der Waals surface area contributed by atoms with Crippen molar-refractivity contribution in [1.82, 2.24) is 4.90 Å². The Balaban J connectivity index is 2.28. The smallest absolute Gasteiger partial charge is 0.264 e. The molecular formula is C17H18FNO2S. The zero-order chi connectivity index (χ0) is 16.1. The molecule has 0 aliphatic rings. The molecule has 0 amide bonds. The van der Waals surface area contributed by atoms with Crippen LogP contribution in [0.15, 0.2) is 42.5 Å². The van der Waals surface area contributed by atoms with Crippen molar-refractivity contribution in [3.63, 3.8) is 0 Å². The molecule has 0 unspecified atom stereocenters. The summed E-state index contributed by atoms with van der Waals surface area (Å²) in [6.07, 6.45) is 0.528. The van der Waals surface area contributed by atoms with Gasteiger partial charge in [-0.05, 0) is 48.1 Å². The van der Waals surface area contributed by atoms with Crippen LogP contribution >= 0.6 is 12.2 Å². The first-order valence-corrected chi connectivity index (χ1v) is 7.21. The summed E-state index contributed by atoms with van der Waals surface area (Å²) in [7, 11) is 5.21. The Labute approximate surface area is 135 Å². The predicted molar refractivity (Wildman–Crippen MR) is 89.1 cm³/mol. The third-order valence-corrected chi connectivity index (χ3v) is 3.56. The Morgan fingerprint density at radius 2 is 1.95 bits per heavy atom. The highest BCUT2D eigenvalue weighted by molar-refractivity contribution is 7.80. The lowest BCUT2D eigenvalue weighted by atomic mass is 10.0. The Morgan fingerprint density at radius 3 is 2.64 bits per heavy atom. The summed E-state index contributed by atoms with van der Waals surface area (Å²) in [6.45, 7) is 0. The molecule has 2 rings (SSSR count). The highest BCUT2D eigenvalue weighted by atomic mass is 32.1. The molecular weight excluding hydrogens is 301 g/mol. The number of methoxy groups -OCH3 is 1. The first-order chi connectivity index (χ1) is 10.5. The standard InChI is InChI=1S/C17H18FNO2S/c1-19(2)17(22)21-16-8-7-14(18)11-13(16)9-12-5-4-6-15(10-12)20-3/h4-8,10-11H,9H2,1-3H3. The number of thiocarbonyl (C=S) groups is 1. The zero-order valence-electron chi connectivity index (χ0n) is 12.8. The van der Waals surface area contributed by atoms with Gasteiger partial charge in [-0.1, -0.05) is 12.1 Å². The zero-order valence-corrected chi connectivity index (χ0v) is 13.6. The minimum atomic E-state index is -0.305. The largest absolute Gasteiger partial charge is 0.497 e. The minimum absolute atomic E-state index is 0.305. The molecule has 0 aromatic heterocycles. The highest BCUT2D eigenvalue weighted by Crippen LogP contribution is 2.25. The van der Waals surface area contributed by atoms with Crippen molar-refractivity contribution < 1.29 is 13.9 Å². The van der Waals surface area contributed by atoms with Gasteiger partial charge in [0.2, 0.25) is 0 Å². The maximum atomic E-state index is 13.6.